The number of carbonyl (C=O) groups is 1. The molecule has 1 aromatic carbocycles. The number of hydrogen-bond acceptors (Lipinski definition) is 5. The molecule has 0 aliphatic heterocycles. The molecule has 2 N–H and O–H groups in total. The predicted octanol–water partition coefficient (Wildman–Crippen LogP) is 0.964. The number of aliphatic carboxylic acids is 1. The Hall–Kier alpha value is -2.83. The highest BCUT2D eigenvalue weighted by Gasteiger charge is 2.11. The van der Waals surface area contributed by atoms with E-state index >= 15 is 0 Å². The van der Waals surface area contributed by atoms with Crippen LogP contribution in [0, 0.1) is 0 Å². The van der Waals surface area contributed by atoms with Gasteiger partial charge in [0.15, 0.2) is 0 Å². The molecule has 1 heterocycles. The molecule has 0 radical (unpaired) electrons. The van der Waals surface area contributed by atoms with E-state index in [4.69, 9.17) is 9.84 Å². The average molecular weight is 290 g/mol. The first-order chi connectivity index (χ1) is 10.0. The SMILES string of the molecule is COc1cccc(-n2nc(CCC(=O)O)c(O)cc2=O)c1. The first-order valence-electron chi connectivity index (χ1n) is 6.19. The van der Waals surface area contributed by atoms with Crippen molar-refractivity contribution in [3.05, 3.63) is 46.4 Å². The highest BCUT2D eigenvalue weighted by molar-refractivity contribution is 5.67. The third kappa shape index (κ3) is 3.38. The minimum Gasteiger partial charge on any atom is -0.506 e. The minimum absolute atomic E-state index is 0.0331. The normalized spacial score (nSPS) is 10.3. The predicted molar refractivity (Wildman–Crippen MR) is 74.0 cm³/mol. The van der Waals surface area contributed by atoms with Crippen LogP contribution in [-0.4, -0.2) is 33.1 Å². The summed E-state index contributed by atoms with van der Waals surface area (Å²) in [5.41, 5.74) is 0.107. The molecule has 0 amide bonds. The summed E-state index contributed by atoms with van der Waals surface area (Å²) in [6.45, 7) is 0. The van der Waals surface area contributed by atoms with Gasteiger partial charge < -0.3 is 14.9 Å². The van der Waals surface area contributed by atoms with Crippen molar-refractivity contribution in [2.75, 3.05) is 7.11 Å². The Balaban J connectivity index is 2.45. The summed E-state index contributed by atoms with van der Waals surface area (Å²) in [4.78, 5) is 22.5. The number of benzene rings is 1. The van der Waals surface area contributed by atoms with Crippen molar-refractivity contribution in [2.45, 2.75) is 12.8 Å². The highest BCUT2D eigenvalue weighted by Crippen LogP contribution is 2.17. The molecule has 21 heavy (non-hydrogen) atoms. The first kappa shape index (κ1) is 14.6. The molecule has 2 rings (SSSR count). The van der Waals surface area contributed by atoms with E-state index in [2.05, 4.69) is 5.10 Å². The summed E-state index contributed by atoms with van der Waals surface area (Å²) in [5, 5.41) is 22.4. The van der Waals surface area contributed by atoms with Gasteiger partial charge in [-0.05, 0) is 12.1 Å². The second kappa shape index (κ2) is 6.08. The van der Waals surface area contributed by atoms with Crippen LogP contribution in [0.25, 0.3) is 5.69 Å². The van der Waals surface area contributed by atoms with Crippen molar-refractivity contribution < 1.29 is 19.7 Å². The van der Waals surface area contributed by atoms with E-state index in [0.717, 1.165) is 10.7 Å². The monoisotopic (exact) mass is 290 g/mol. The third-order valence-electron chi connectivity index (χ3n) is 2.86. The van der Waals surface area contributed by atoms with Gasteiger partial charge >= 0.3 is 5.97 Å². The average Bonchev–Trinajstić information content (AvgIpc) is 2.46. The van der Waals surface area contributed by atoms with E-state index in [9.17, 15) is 14.7 Å². The van der Waals surface area contributed by atoms with Gasteiger partial charge in [-0.15, -0.1) is 0 Å². The Morgan fingerprint density at radius 3 is 2.81 bits per heavy atom. The Morgan fingerprint density at radius 2 is 2.14 bits per heavy atom. The molecular weight excluding hydrogens is 276 g/mol. The number of carboxylic acid groups (broad SMARTS) is 1. The number of methoxy groups -OCH3 is 1. The fourth-order valence-electron chi connectivity index (χ4n) is 1.81. The lowest BCUT2D eigenvalue weighted by molar-refractivity contribution is -0.136. The molecule has 0 saturated heterocycles. The molecule has 7 nitrogen and oxygen atoms in total. The van der Waals surface area contributed by atoms with Crippen molar-refractivity contribution in [3.8, 4) is 17.2 Å². The van der Waals surface area contributed by atoms with E-state index < -0.39 is 11.5 Å². The van der Waals surface area contributed by atoms with Gasteiger partial charge in [0.05, 0.1) is 19.2 Å². The maximum Gasteiger partial charge on any atom is 0.303 e. The van der Waals surface area contributed by atoms with Gasteiger partial charge in [-0.25, -0.2) is 0 Å². The Labute approximate surface area is 120 Å². The van der Waals surface area contributed by atoms with Gasteiger partial charge in [0, 0.05) is 18.6 Å². The van der Waals surface area contributed by atoms with Crippen molar-refractivity contribution in [1.29, 1.82) is 0 Å². The molecule has 0 aliphatic carbocycles. The van der Waals surface area contributed by atoms with Gasteiger partial charge in [0.1, 0.15) is 17.2 Å². The van der Waals surface area contributed by atoms with Crippen LogP contribution in [0.15, 0.2) is 35.1 Å². The summed E-state index contributed by atoms with van der Waals surface area (Å²) in [6.07, 6.45) is -0.151. The molecule has 0 spiro atoms. The van der Waals surface area contributed by atoms with E-state index in [1.165, 1.54) is 7.11 Å². The van der Waals surface area contributed by atoms with Crippen molar-refractivity contribution in [2.24, 2.45) is 0 Å². The molecule has 0 saturated carbocycles. The molecule has 2 aromatic rings. The maximum atomic E-state index is 11.9. The van der Waals surface area contributed by atoms with E-state index in [1.807, 2.05) is 0 Å². The second-order valence-corrected chi connectivity index (χ2v) is 4.32. The lowest BCUT2D eigenvalue weighted by Crippen LogP contribution is -2.21. The summed E-state index contributed by atoms with van der Waals surface area (Å²) in [7, 11) is 1.50. The number of aryl methyl sites for hydroxylation is 1. The van der Waals surface area contributed by atoms with E-state index in [1.54, 1.807) is 24.3 Å². The van der Waals surface area contributed by atoms with Crippen molar-refractivity contribution >= 4 is 5.97 Å². The molecule has 0 unspecified atom stereocenters. The fourth-order valence-corrected chi connectivity index (χ4v) is 1.81. The molecule has 1 aromatic heterocycles. The maximum absolute atomic E-state index is 11.9. The molecule has 0 aliphatic rings. The van der Waals surface area contributed by atoms with E-state index in [-0.39, 0.29) is 24.3 Å². The van der Waals surface area contributed by atoms with Crippen LogP contribution < -0.4 is 10.3 Å². The van der Waals surface area contributed by atoms with Gasteiger partial charge in [-0.1, -0.05) is 6.07 Å². The van der Waals surface area contributed by atoms with E-state index in [0.29, 0.717) is 11.4 Å². The third-order valence-corrected chi connectivity index (χ3v) is 2.86. The molecule has 0 bridgehead atoms. The Kier molecular flexibility index (Phi) is 4.22. The van der Waals surface area contributed by atoms with Crippen LogP contribution in [0.2, 0.25) is 0 Å². The van der Waals surface area contributed by atoms with Crippen LogP contribution in [0.3, 0.4) is 0 Å². The fraction of sp³-hybridized carbons (Fsp3) is 0.214. The largest absolute Gasteiger partial charge is 0.506 e. The number of aromatic nitrogens is 2. The zero-order valence-corrected chi connectivity index (χ0v) is 11.3. The zero-order valence-electron chi connectivity index (χ0n) is 11.3. The standard InChI is InChI=1S/C14H14N2O5/c1-21-10-4-2-3-9(7-10)16-13(18)8-12(17)11(15-16)5-6-14(19)20/h2-4,7-8,17H,5-6H2,1H3,(H,19,20). The summed E-state index contributed by atoms with van der Waals surface area (Å²) >= 11 is 0. The Morgan fingerprint density at radius 1 is 1.38 bits per heavy atom. The van der Waals surface area contributed by atoms with Crippen molar-refractivity contribution in [3.63, 3.8) is 0 Å². The van der Waals surface area contributed by atoms with Crippen LogP contribution in [0.5, 0.6) is 11.5 Å². The number of aromatic hydroxyl groups is 1. The summed E-state index contributed by atoms with van der Waals surface area (Å²) in [6, 6.07) is 7.72. The van der Waals surface area contributed by atoms with Crippen LogP contribution in [0.4, 0.5) is 0 Å². The Bertz CT molecular complexity index is 724. The number of rotatable bonds is 5. The molecule has 0 atom stereocenters. The van der Waals surface area contributed by atoms with Gasteiger partial charge in [-0.2, -0.15) is 9.78 Å². The topological polar surface area (TPSA) is 102 Å². The molecule has 0 fully saturated rings. The minimum atomic E-state index is -1.00. The first-order valence-corrected chi connectivity index (χ1v) is 6.19. The van der Waals surface area contributed by atoms with Crippen LogP contribution >= 0.6 is 0 Å². The zero-order chi connectivity index (χ0) is 15.4. The highest BCUT2D eigenvalue weighted by atomic mass is 16.5. The van der Waals surface area contributed by atoms with Gasteiger partial charge in [-0.3, -0.25) is 9.59 Å². The quantitative estimate of drug-likeness (QED) is 0.850. The smallest absolute Gasteiger partial charge is 0.303 e. The van der Waals surface area contributed by atoms with Crippen LogP contribution in [-0.2, 0) is 11.2 Å². The molecule has 7 heteroatoms. The number of carboxylic acids is 1. The van der Waals surface area contributed by atoms with Gasteiger partial charge in [0.25, 0.3) is 5.56 Å². The molecule has 110 valence electrons. The lowest BCUT2D eigenvalue weighted by atomic mass is 10.2. The van der Waals surface area contributed by atoms with Gasteiger partial charge in [0.2, 0.25) is 0 Å². The number of hydrogen-bond donors (Lipinski definition) is 2. The van der Waals surface area contributed by atoms with Crippen LogP contribution in [0.1, 0.15) is 12.1 Å². The number of ether oxygens (including phenoxy) is 1. The number of nitrogens with zero attached hydrogens (tertiary/aromatic N) is 2. The molecular formula is C14H14N2O5. The summed E-state index contributed by atoms with van der Waals surface area (Å²) < 4.78 is 6.18. The summed E-state index contributed by atoms with van der Waals surface area (Å²) in [5.74, 6) is -0.753. The second-order valence-electron chi connectivity index (χ2n) is 4.32. The lowest BCUT2D eigenvalue weighted by Gasteiger charge is -2.09. The van der Waals surface area contributed by atoms with Crippen molar-refractivity contribution in [1.82, 2.24) is 9.78 Å².